The van der Waals surface area contributed by atoms with Gasteiger partial charge in [0.1, 0.15) is 0 Å². The van der Waals surface area contributed by atoms with Crippen LogP contribution in [-0.2, 0) is 4.74 Å². The number of amides is 4. The zero-order valence-corrected chi connectivity index (χ0v) is 28.1. The van der Waals surface area contributed by atoms with Crippen molar-refractivity contribution in [2.24, 2.45) is 23.7 Å². The fourth-order valence-electron chi connectivity index (χ4n) is 12.9. The van der Waals surface area contributed by atoms with Crippen LogP contribution in [0.4, 0.5) is 37.7 Å². The molecule has 15 heteroatoms. The van der Waals surface area contributed by atoms with Gasteiger partial charge in [-0.1, -0.05) is 0 Å². The van der Waals surface area contributed by atoms with Crippen LogP contribution in [0.15, 0.2) is 73.3 Å². The molecule has 2 saturated carbocycles. The lowest BCUT2D eigenvalue weighted by molar-refractivity contribution is -0.327. The van der Waals surface area contributed by atoms with Crippen LogP contribution in [0.25, 0.3) is 0 Å². The summed E-state index contributed by atoms with van der Waals surface area (Å²) in [7, 11) is 0. The Morgan fingerprint density at radius 1 is 0.545 bits per heavy atom. The van der Waals surface area contributed by atoms with Crippen molar-refractivity contribution >= 4 is 35.0 Å². The number of fused-ring (bicyclic) bond motifs is 24. The van der Waals surface area contributed by atoms with Gasteiger partial charge < -0.3 is 4.74 Å². The number of pyridine rings is 2. The lowest BCUT2D eigenvalue weighted by Crippen LogP contribution is -2.62. The normalized spacial score (nSPS) is 35.5. The van der Waals surface area contributed by atoms with Crippen LogP contribution in [0.2, 0.25) is 0 Å². The van der Waals surface area contributed by atoms with Crippen LogP contribution >= 0.6 is 0 Å². The highest BCUT2D eigenvalue weighted by molar-refractivity contribution is 6.35. The summed E-state index contributed by atoms with van der Waals surface area (Å²) in [6.45, 7) is 0. The first kappa shape index (κ1) is 31.9. The fraction of sp³-hybridized carbons (Fsp3) is 0.350. The second kappa shape index (κ2) is 9.49. The Balaban J connectivity index is 1.01. The Morgan fingerprint density at radius 3 is 1.11 bits per heavy atom. The molecule has 0 N–H and O–H groups in total. The summed E-state index contributed by atoms with van der Waals surface area (Å²) in [6.07, 6.45) is -4.91. The van der Waals surface area contributed by atoms with Crippen LogP contribution in [0.3, 0.4) is 0 Å². The molecule has 4 aromatic rings. The predicted octanol–water partition coefficient (Wildman–Crippen LogP) is 7.06. The summed E-state index contributed by atoms with van der Waals surface area (Å²) in [5, 5.41) is 0. The summed E-state index contributed by atoms with van der Waals surface area (Å²) in [6, 6.07) is 11.7. The highest BCUT2D eigenvalue weighted by atomic mass is 19.4. The second-order valence-corrected chi connectivity index (χ2v) is 16.1. The van der Waals surface area contributed by atoms with E-state index in [4.69, 9.17) is 4.74 Å². The average molecular weight is 755 g/mol. The van der Waals surface area contributed by atoms with Crippen molar-refractivity contribution in [1.82, 2.24) is 9.97 Å². The first-order chi connectivity index (χ1) is 26.2. The number of carbonyl (C=O) groups is 4. The van der Waals surface area contributed by atoms with Crippen molar-refractivity contribution in [3.05, 3.63) is 118 Å². The molecule has 0 radical (unpaired) electrons. The Kier molecular flexibility index (Phi) is 5.50. The van der Waals surface area contributed by atoms with Crippen molar-refractivity contribution < 1.29 is 50.3 Å². The van der Waals surface area contributed by atoms with Crippen LogP contribution in [0.5, 0.6) is 0 Å². The third kappa shape index (κ3) is 3.30. The first-order valence-electron chi connectivity index (χ1n) is 18.0. The van der Waals surface area contributed by atoms with E-state index in [1.807, 2.05) is 0 Å². The average Bonchev–Trinajstić information content (AvgIpc) is 4.02. The van der Waals surface area contributed by atoms with Crippen LogP contribution in [-0.4, -0.2) is 57.2 Å². The maximum Gasteiger partial charge on any atom is 0.418 e. The minimum atomic E-state index is -5.23. The lowest BCUT2D eigenvalue weighted by Gasteiger charge is -2.52. The van der Waals surface area contributed by atoms with E-state index in [-0.39, 0.29) is 46.5 Å². The number of rotatable bonds is 2. The van der Waals surface area contributed by atoms with Gasteiger partial charge in [-0.15, -0.1) is 0 Å². The van der Waals surface area contributed by atoms with Gasteiger partial charge in [-0.05, 0) is 107 Å². The van der Waals surface area contributed by atoms with Gasteiger partial charge in [-0.25, -0.2) is 9.80 Å². The van der Waals surface area contributed by atoms with E-state index in [0.717, 1.165) is 9.80 Å². The molecule has 12 rings (SSSR count). The molecule has 55 heavy (non-hydrogen) atoms. The van der Waals surface area contributed by atoms with Gasteiger partial charge >= 0.3 is 12.4 Å². The van der Waals surface area contributed by atoms with Gasteiger partial charge in [0.15, 0.2) is 11.2 Å². The number of benzene rings is 2. The third-order valence-electron chi connectivity index (χ3n) is 14.3. The number of ether oxygens (including phenoxy) is 1. The first-order valence-corrected chi connectivity index (χ1v) is 18.0. The van der Waals surface area contributed by atoms with E-state index < -0.39 is 94.5 Å². The molecule has 6 unspecified atom stereocenters. The number of carbonyl (C=O) groups excluding carboxylic acids is 4. The zero-order valence-electron chi connectivity index (χ0n) is 28.1. The Hall–Kier alpha value is -5.44. The highest BCUT2D eigenvalue weighted by Crippen LogP contribution is 2.86. The fourth-order valence-corrected chi connectivity index (χ4v) is 12.9. The summed E-state index contributed by atoms with van der Waals surface area (Å²) in [5.41, 5.74) is -4.71. The molecular weight excluding hydrogens is 730 g/mol. The summed E-state index contributed by atoms with van der Waals surface area (Å²) in [5.74, 6) is -13.3. The van der Waals surface area contributed by atoms with Crippen LogP contribution in [0.1, 0.15) is 100 Å². The van der Waals surface area contributed by atoms with E-state index in [9.17, 15) is 19.2 Å². The molecule has 6 heterocycles. The molecule has 2 saturated heterocycles. The number of alkyl halides is 6. The molecule has 8 aliphatic rings. The number of anilines is 2. The molecular formula is C40H24F6N4O5. The standard InChI is InChI=1S/C40H24F6N4O5/c41-39(42,43)37-29-21-11-22(18-8-26-25(7-17(18)21)33(51)49(34(26)52)15-3-1-5-47-13-15)30(29)38(55-37,40(44,45)46)32-24-12-23(31(32)37)19-9-27-28(10-20(19)24)36(54)50(35(27)53)16-4-2-6-48-14-16/h1-10,13-14,21-24,29-32H,11-12H2/t21-,22+,23+,24-,29?,30?,31?,32?,37?,38?. The molecule has 276 valence electrons. The number of hydrogen-bond acceptors (Lipinski definition) is 7. The molecule has 2 aromatic heterocycles. The predicted molar refractivity (Wildman–Crippen MR) is 176 cm³/mol. The maximum atomic E-state index is 16.1. The van der Waals surface area contributed by atoms with E-state index in [2.05, 4.69) is 9.97 Å². The molecule has 10 atom stereocenters. The van der Waals surface area contributed by atoms with E-state index in [0.29, 0.717) is 22.3 Å². The minimum absolute atomic E-state index is 0.00944. The summed E-state index contributed by atoms with van der Waals surface area (Å²) < 4.78 is 102. The van der Waals surface area contributed by atoms with Gasteiger partial charge in [0.25, 0.3) is 23.6 Å². The van der Waals surface area contributed by atoms with Crippen molar-refractivity contribution in [2.45, 2.75) is 60.1 Å². The molecule has 0 spiro atoms. The monoisotopic (exact) mass is 754 g/mol. The Labute approximate surface area is 306 Å². The number of imide groups is 2. The molecule has 6 bridgehead atoms. The van der Waals surface area contributed by atoms with Crippen molar-refractivity contribution in [3.8, 4) is 0 Å². The van der Waals surface area contributed by atoms with Crippen molar-refractivity contribution in [2.75, 3.05) is 9.80 Å². The zero-order chi connectivity index (χ0) is 37.9. The smallest absolute Gasteiger partial charge is 0.348 e. The van der Waals surface area contributed by atoms with Gasteiger partial charge in [0, 0.05) is 36.1 Å². The molecule has 9 nitrogen and oxygen atoms in total. The SMILES string of the molecule is O=C1c2cc3c(cc2C(=O)N1c1cccnc1)[C@@H]1C[C@H]3C2C1C1(C(F)(F)F)OC2(C(F)(F)F)C2C1[C@@H]1C[C@H]2c2cc3c(cc21)C(=O)N(c1cccnc1)C3=O. The van der Waals surface area contributed by atoms with Crippen LogP contribution in [0, 0.1) is 23.7 Å². The topological polar surface area (TPSA) is 110 Å². The molecule has 4 aliphatic carbocycles. The maximum absolute atomic E-state index is 16.1. The van der Waals surface area contributed by atoms with Gasteiger partial charge in [0.05, 0.1) is 46.0 Å². The quantitative estimate of drug-likeness (QED) is 0.159. The summed E-state index contributed by atoms with van der Waals surface area (Å²) in [4.78, 5) is 64.3. The largest absolute Gasteiger partial charge is 0.418 e. The number of nitrogens with zero attached hydrogens (tertiary/aromatic N) is 4. The van der Waals surface area contributed by atoms with E-state index >= 15 is 26.3 Å². The van der Waals surface area contributed by atoms with E-state index in [1.54, 1.807) is 0 Å². The minimum Gasteiger partial charge on any atom is -0.348 e. The van der Waals surface area contributed by atoms with Crippen LogP contribution < -0.4 is 9.80 Å². The number of hydrogen-bond donors (Lipinski definition) is 0. The molecule has 2 aromatic carbocycles. The highest BCUT2D eigenvalue weighted by Gasteiger charge is 2.94. The van der Waals surface area contributed by atoms with Gasteiger partial charge in [0.2, 0.25) is 0 Å². The lowest BCUT2D eigenvalue weighted by atomic mass is 9.49. The Bertz CT molecular complexity index is 2240. The third-order valence-corrected chi connectivity index (χ3v) is 14.3. The summed E-state index contributed by atoms with van der Waals surface area (Å²) >= 11 is 0. The van der Waals surface area contributed by atoms with Crippen molar-refractivity contribution in [1.29, 1.82) is 0 Å². The van der Waals surface area contributed by atoms with Gasteiger partial charge in [-0.3, -0.25) is 29.1 Å². The molecule has 4 aliphatic heterocycles. The number of aromatic nitrogens is 2. The van der Waals surface area contributed by atoms with E-state index in [1.165, 1.54) is 73.3 Å². The Morgan fingerprint density at radius 2 is 0.855 bits per heavy atom. The molecule has 4 amide bonds. The van der Waals surface area contributed by atoms with Crippen molar-refractivity contribution in [3.63, 3.8) is 0 Å². The second-order valence-electron chi connectivity index (χ2n) is 16.1. The van der Waals surface area contributed by atoms with Gasteiger partial charge in [-0.2, -0.15) is 26.3 Å². The number of halogens is 6. The molecule has 4 fully saturated rings.